The molecule has 80 valence electrons. The van der Waals surface area contributed by atoms with Crippen LogP contribution in [0.5, 0.6) is 0 Å². The van der Waals surface area contributed by atoms with Crippen molar-refractivity contribution in [3.05, 3.63) is 47.9 Å². The SMILES string of the molecule is CCN1C=CC(C2=CCN(C)C=C2)=CC1. The van der Waals surface area contributed by atoms with E-state index in [0.717, 1.165) is 19.6 Å². The summed E-state index contributed by atoms with van der Waals surface area (Å²) in [6.45, 7) is 5.30. The molecule has 2 rings (SSSR count). The summed E-state index contributed by atoms with van der Waals surface area (Å²) in [5, 5.41) is 0. The first-order valence-corrected chi connectivity index (χ1v) is 5.51. The Bertz CT molecular complexity index is 348. The first-order valence-electron chi connectivity index (χ1n) is 5.51. The molecule has 0 N–H and O–H groups in total. The van der Waals surface area contributed by atoms with Gasteiger partial charge >= 0.3 is 0 Å². The van der Waals surface area contributed by atoms with Crippen molar-refractivity contribution < 1.29 is 0 Å². The first-order chi connectivity index (χ1) is 7.29. The Morgan fingerprint density at radius 3 is 2.20 bits per heavy atom. The number of hydrogen-bond donors (Lipinski definition) is 0. The second kappa shape index (κ2) is 4.39. The third-order valence-corrected chi connectivity index (χ3v) is 2.86. The van der Waals surface area contributed by atoms with Gasteiger partial charge in [-0.25, -0.2) is 0 Å². The molecule has 0 atom stereocenters. The normalized spacial score (nSPS) is 20.4. The average Bonchev–Trinajstić information content (AvgIpc) is 2.30. The van der Waals surface area contributed by atoms with Gasteiger partial charge in [-0.3, -0.25) is 0 Å². The van der Waals surface area contributed by atoms with E-state index in [0.29, 0.717) is 0 Å². The first kappa shape index (κ1) is 10.1. The van der Waals surface area contributed by atoms with E-state index >= 15 is 0 Å². The van der Waals surface area contributed by atoms with Gasteiger partial charge in [-0.05, 0) is 42.6 Å². The van der Waals surface area contributed by atoms with Gasteiger partial charge in [-0.15, -0.1) is 0 Å². The minimum Gasteiger partial charge on any atom is -0.377 e. The zero-order valence-corrected chi connectivity index (χ0v) is 9.48. The Labute approximate surface area is 91.9 Å². The molecule has 0 aromatic rings. The van der Waals surface area contributed by atoms with Gasteiger partial charge in [0.15, 0.2) is 0 Å². The van der Waals surface area contributed by atoms with E-state index in [-0.39, 0.29) is 0 Å². The van der Waals surface area contributed by atoms with Crippen molar-refractivity contribution in [1.29, 1.82) is 0 Å². The highest BCUT2D eigenvalue weighted by Gasteiger charge is 2.07. The lowest BCUT2D eigenvalue weighted by Gasteiger charge is -2.23. The molecule has 0 spiro atoms. The van der Waals surface area contributed by atoms with Gasteiger partial charge in [0.2, 0.25) is 0 Å². The lowest BCUT2D eigenvalue weighted by atomic mass is 10.0. The van der Waals surface area contributed by atoms with E-state index in [1.54, 1.807) is 0 Å². The summed E-state index contributed by atoms with van der Waals surface area (Å²) >= 11 is 0. The fourth-order valence-electron chi connectivity index (χ4n) is 1.77. The van der Waals surface area contributed by atoms with Crippen molar-refractivity contribution in [1.82, 2.24) is 9.80 Å². The third kappa shape index (κ3) is 2.32. The molecule has 2 heteroatoms. The van der Waals surface area contributed by atoms with Crippen molar-refractivity contribution in [3.63, 3.8) is 0 Å². The fourth-order valence-corrected chi connectivity index (χ4v) is 1.77. The topological polar surface area (TPSA) is 6.48 Å². The molecule has 0 aromatic heterocycles. The van der Waals surface area contributed by atoms with E-state index in [1.807, 2.05) is 0 Å². The van der Waals surface area contributed by atoms with Crippen LogP contribution in [-0.2, 0) is 0 Å². The number of nitrogens with zero attached hydrogens (tertiary/aromatic N) is 2. The lowest BCUT2D eigenvalue weighted by Crippen LogP contribution is -2.20. The molecule has 0 aliphatic carbocycles. The van der Waals surface area contributed by atoms with Gasteiger partial charge in [0.05, 0.1) is 0 Å². The lowest BCUT2D eigenvalue weighted by molar-refractivity contribution is 0.434. The van der Waals surface area contributed by atoms with Crippen LogP contribution >= 0.6 is 0 Å². The van der Waals surface area contributed by atoms with Gasteiger partial charge in [-0.2, -0.15) is 0 Å². The standard InChI is InChI=1S/C13H18N2/c1-3-15-10-6-13(7-11-15)12-4-8-14(2)9-5-12/h4-8,10H,3,9,11H2,1-2H3. The van der Waals surface area contributed by atoms with Crippen LogP contribution in [0.2, 0.25) is 0 Å². The zero-order valence-electron chi connectivity index (χ0n) is 9.48. The Hall–Kier alpha value is -1.44. The maximum atomic E-state index is 2.30. The van der Waals surface area contributed by atoms with Crippen molar-refractivity contribution in [2.75, 3.05) is 26.7 Å². The molecule has 2 nitrogen and oxygen atoms in total. The van der Waals surface area contributed by atoms with Crippen LogP contribution < -0.4 is 0 Å². The molecular weight excluding hydrogens is 184 g/mol. The predicted octanol–water partition coefficient (Wildman–Crippen LogP) is 2.15. The van der Waals surface area contributed by atoms with Crippen molar-refractivity contribution in [2.45, 2.75) is 6.92 Å². The van der Waals surface area contributed by atoms with E-state index in [2.05, 4.69) is 60.5 Å². The van der Waals surface area contributed by atoms with E-state index < -0.39 is 0 Å². The summed E-state index contributed by atoms with van der Waals surface area (Å²) in [6.07, 6.45) is 13.3. The molecule has 0 aromatic carbocycles. The van der Waals surface area contributed by atoms with Crippen molar-refractivity contribution in [3.8, 4) is 0 Å². The molecule has 2 aliphatic heterocycles. The Balaban J connectivity index is 2.05. The molecule has 0 unspecified atom stereocenters. The Morgan fingerprint density at radius 1 is 1.07 bits per heavy atom. The van der Waals surface area contributed by atoms with Gasteiger partial charge < -0.3 is 9.80 Å². The monoisotopic (exact) mass is 202 g/mol. The second-order valence-corrected chi connectivity index (χ2v) is 3.98. The molecule has 0 saturated heterocycles. The maximum absolute atomic E-state index is 2.30. The van der Waals surface area contributed by atoms with Crippen molar-refractivity contribution >= 4 is 0 Å². The summed E-state index contributed by atoms with van der Waals surface area (Å²) in [5.41, 5.74) is 2.70. The van der Waals surface area contributed by atoms with Gasteiger partial charge in [0, 0.05) is 26.7 Å². The number of rotatable bonds is 2. The molecule has 0 saturated carbocycles. The zero-order chi connectivity index (χ0) is 10.7. The van der Waals surface area contributed by atoms with Crippen LogP contribution in [-0.4, -0.2) is 36.5 Å². The van der Waals surface area contributed by atoms with Crippen LogP contribution in [0.4, 0.5) is 0 Å². The molecule has 0 bridgehead atoms. The summed E-state index contributed by atoms with van der Waals surface area (Å²) in [4.78, 5) is 4.47. The van der Waals surface area contributed by atoms with Crippen LogP contribution in [0.15, 0.2) is 47.9 Å². The summed E-state index contributed by atoms with van der Waals surface area (Å²) < 4.78 is 0. The maximum Gasteiger partial charge on any atom is 0.0362 e. The van der Waals surface area contributed by atoms with Crippen molar-refractivity contribution in [2.24, 2.45) is 0 Å². The van der Waals surface area contributed by atoms with Crippen LogP contribution in [0, 0.1) is 0 Å². The highest BCUT2D eigenvalue weighted by molar-refractivity contribution is 5.48. The third-order valence-electron chi connectivity index (χ3n) is 2.86. The number of allylic oxidation sites excluding steroid dienone is 4. The highest BCUT2D eigenvalue weighted by Crippen LogP contribution is 2.19. The molecule has 0 radical (unpaired) electrons. The molecule has 0 fully saturated rings. The summed E-state index contributed by atoms with van der Waals surface area (Å²) in [5.74, 6) is 0. The summed E-state index contributed by atoms with van der Waals surface area (Å²) in [7, 11) is 2.09. The minimum absolute atomic E-state index is 1.01. The molecular formula is C13H18N2. The van der Waals surface area contributed by atoms with Crippen LogP contribution in [0.25, 0.3) is 0 Å². The number of likely N-dealkylation sites (N-methyl/N-ethyl adjacent to an activating group) is 2. The predicted molar refractivity (Wildman–Crippen MR) is 64.3 cm³/mol. The van der Waals surface area contributed by atoms with Crippen LogP contribution in [0.3, 0.4) is 0 Å². The smallest absolute Gasteiger partial charge is 0.0362 e. The highest BCUT2D eigenvalue weighted by atomic mass is 15.1. The van der Waals surface area contributed by atoms with Gasteiger partial charge in [0.25, 0.3) is 0 Å². The summed E-state index contributed by atoms with van der Waals surface area (Å²) in [6, 6.07) is 0. The van der Waals surface area contributed by atoms with Crippen LogP contribution in [0.1, 0.15) is 6.92 Å². The molecule has 0 amide bonds. The van der Waals surface area contributed by atoms with E-state index in [1.165, 1.54) is 11.1 Å². The van der Waals surface area contributed by atoms with Gasteiger partial charge in [0.1, 0.15) is 0 Å². The molecule has 2 aliphatic rings. The second-order valence-electron chi connectivity index (χ2n) is 3.98. The van der Waals surface area contributed by atoms with Gasteiger partial charge in [-0.1, -0.05) is 12.2 Å². The quantitative estimate of drug-likeness (QED) is 0.677. The average molecular weight is 202 g/mol. The van der Waals surface area contributed by atoms with E-state index in [4.69, 9.17) is 0 Å². The Morgan fingerprint density at radius 2 is 1.73 bits per heavy atom. The fraction of sp³-hybridized carbons (Fsp3) is 0.385. The largest absolute Gasteiger partial charge is 0.377 e. The molecule has 15 heavy (non-hydrogen) atoms. The Kier molecular flexibility index (Phi) is 2.95. The number of hydrogen-bond acceptors (Lipinski definition) is 2. The molecule has 2 heterocycles. The minimum atomic E-state index is 1.01. The van der Waals surface area contributed by atoms with E-state index in [9.17, 15) is 0 Å².